The molecule has 41 heavy (non-hydrogen) atoms. The van der Waals surface area contributed by atoms with Gasteiger partial charge in [-0.05, 0) is 54.3 Å². The third kappa shape index (κ3) is 8.00. The summed E-state index contributed by atoms with van der Waals surface area (Å²) in [5.41, 5.74) is 1.02. The van der Waals surface area contributed by atoms with Crippen LogP contribution in [0.4, 0.5) is 5.69 Å². The van der Waals surface area contributed by atoms with Gasteiger partial charge in [0.15, 0.2) is 0 Å². The Morgan fingerprint density at radius 3 is 2.10 bits per heavy atom. The lowest BCUT2D eigenvalue weighted by Crippen LogP contribution is -2.52. The minimum absolute atomic E-state index is 0.0201. The van der Waals surface area contributed by atoms with Crippen LogP contribution in [0.3, 0.4) is 0 Å². The molecule has 220 valence electrons. The molecule has 0 unspecified atom stereocenters. The number of benzene rings is 3. The number of nitrogens with zero attached hydrogens (tertiary/aromatic N) is 2. The zero-order valence-corrected chi connectivity index (χ0v) is 25.1. The van der Waals surface area contributed by atoms with Gasteiger partial charge in [0, 0.05) is 13.1 Å². The van der Waals surface area contributed by atoms with Crippen molar-refractivity contribution in [2.75, 3.05) is 31.6 Å². The van der Waals surface area contributed by atoms with Gasteiger partial charge in [-0.2, -0.15) is 0 Å². The van der Waals surface area contributed by atoms with Gasteiger partial charge < -0.3 is 19.7 Å². The summed E-state index contributed by atoms with van der Waals surface area (Å²) in [4.78, 5) is 28.8. The van der Waals surface area contributed by atoms with E-state index < -0.39 is 28.5 Å². The lowest BCUT2D eigenvalue weighted by atomic mass is 10.1. The molecule has 0 aliphatic heterocycles. The minimum atomic E-state index is -4.24. The number of carbonyl (C=O) groups excluding carboxylic acids is 2. The van der Waals surface area contributed by atoms with E-state index in [0.717, 1.165) is 9.87 Å². The van der Waals surface area contributed by atoms with E-state index in [4.69, 9.17) is 9.47 Å². The van der Waals surface area contributed by atoms with Gasteiger partial charge in [0.1, 0.15) is 24.1 Å². The SMILES string of the molecule is CC[C@H](C(=O)NCC(C)C)N(Cc1ccccc1)C(=O)CN(c1ccccc1OC)S(=O)(=O)c1ccc(OC)cc1. The molecular weight excluding hydrogens is 542 g/mol. The Hall–Kier alpha value is -4.05. The number of amides is 2. The first-order valence-electron chi connectivity index (χ1n) is 13.5. The van der Waals surface area contributed by atoms with Gasteiger partial charge in [-0.15, -0.1) is 0 Å². The van der Waals surface area contributed by atoms with Crippen LogP contribution in [0.5, 0.6) is 11.5 Å². The summed E-state index contributed by atoms with van der Waals surface area (Å²) in [5.74, 6) is 0.200. The fraction of sp³-hybridized carbons (Fsp3) is 0.355. The fourth-order valence-corrected chi connectivity index (χ4v) is 5.77. The first-order chi connectivity index (χ1) is 19.6. The van der Waals surface area contributed by atoms with Crippen LogP contribution in [0.25, 0.3) is 0 Å². The summed E-state index contributed by atoms with van der Waals surface area (Å²) in [6.07, 6.45) is 0.350. The van der Waals surface area contributed by atoms with Crippen molar-refractivity contribution >= 4 is 27.5 Å². The lowest BCUT2D eigenvalue weighted by molar-refractivity contribution is -0.140. The monoisotopic (exact) mass is 581 g/mol. The molecule has 0 aromatic heterocycles. The molecule has 3 rings (SSSR count). The van der Waals surface area contributed by atoms with E-state index in [1.165, 1.54) is 31.3 Å². The number of sulfonamides is 1. The van der Waals surface area contributed by atoms with E-state index >= 15 is 0 Å². The number of anilines is 1. The Bertz CT molecular complexity index is 1390. The van der Waals surface area contributed by atoms with Gasteiger partial charge in [-0.3, -0.25) is 13.9 Å². The molecule has 0 saturated carbocycles. The van der Waals surface area contributed by atoms with Gasteiger partial charge >= 0.3 is 0 Å². The van der Waals surface area contributed by atoms with E-state index in [0.29, 0.717) is 18.7 Å². The molecular formula is C31H39N3O6S. The zero-order chi connectivity index (χ0) is 30.0. The van der Waals surface area contributed by atoms with E-state index in [9.17, 15) is 18.0 Å². The number of rotatable bonds is 14. The van der Waals surface area contributed by atoms with Crippen LogP contribution < -0.4 is 19.1 Å². The van der Waals surface area contributed by atoms with Crippen molar-refractivity contribution in [1.82, 2.24) is 10.2 Å². The Morgan fingerprint density at radius 2 is 1.51 bits per heavy atom. The van der Waals surface area contributed by atoms with E-state index in [-0.39, 0.29) is 34.7 Å². The molecule has 0 spiro atoms. The molecule has 0 fully saturated rings. The van der Waals surface area contributed by atoms with Crippen LogP contribution in [0.1, 0.15) is 32.8 Å². The second kappa shape index (κ2) is 14.5. The zero-order valence-electron chi connectivity index (χ0n) is 24.2. The van der Waals surface area contributed by atoms with Gasteiger partial charge in [0.05, 0.1) is 24.8 Å². The molecule has 2 amide bonds. The number of methoxy groups -OCH3 is 2. The van der Waals surface area contributed by atoms with Crippen molar-refractivity contribution in [3.05, 3.63) is 84.4 Å². The third-order valence-electron chi connectivity index (χ3n) is 6.55. The van der Waals surface area contributed by atoms with E-state index in [2.05, 4.69) is 5.32 Å². The number of ether oxygens (including phenoxy) is 2. The lowest BCUT2D eigenvalue weighted by Gasteiger charge is -2.33. The topological polar surface area (TPSA) is 105 Å². The first-order valence-corrected chi connectivity index (χ1v) is 15.0. The molecule has 0 bridgehead atoms. The van der Waals surface area contributed by atoms with Gasteiger partial charge in [-0.1, -0.05) is 63.2 Å². The molecule has 0 heterocycles. The molecule has 10 heteroatoms. The predicted molar refractivity (Wildman–Crippen MR) is 159 cm³/mol. The van der Waals surface area contributed by atoms with Gasteiger partial charge in [-0.25, -0.2) is 8.42 Å². The fourth-order valence-electron chi connectivity index (χ4n) is 4.35. The minimum Gasteiger partial charge on any atom is -0.497 e. The molecule has 1 atom stereocenters. The largest absolute Gasteiger partial charge is 0.497 e. The van der Waals surface area contributed by atoms with E-state index in [1.54, 1.807) is 36.4 Å². The van der Waals surface area contributed by atoms with Crippen molar-refractivity contribution in [1.29, 1.82) is 0 Å². The maximum Gasteiger partial charge on any atom is 0.264 e. The molecule has 0 aliphatic carbocycles. The average Bonchev–Trinajstić information content (AvgIpc) is 2.99. The summed E-state index contributed by atoms with van der Waals surface area (Å²) in [6.45, 7) is 5.86. The Balaban J connectivity index is 2.07. The van der Waals surface area contributed by atoms with Crippen LogP contribution in [-0.2, 0) is 26.2 Å². The Labute approximate surface area is 243 Å². The van der Waals surface area contributed by atoms with Gasteiger partial charge in [0.25, 0.3) is 10.0 Å². The van der Waals surface area contributed by atoms with Crippen LogP contribution in [0.15, 0.2) is 83.8 Å². The molecule has 0 aliphatic rings. The Kier molecular flexibility index (Phi) is 11.2. The summed E-state index contributed by atoms with van der Waals surface area (Å²) in [6, 6.07) is 21.1. The quantitative estimate of drug-likeness (QED) is 0.301. The number of hydrogen-bond acceptors (Lipinski definition) is 6. The summed E-state index contributed by atoms with van der Waals surface area (Å²) in [7, 11) is -1.31. The highest BCUT2D eigenvalue weighted by Crippen LogP contribution is 2.33. The number of nitrogens with one attached hydrogen (secondary N) is 1. The molecule has 3 aromatic rings. The second-order valence-electron chi connectivity index (χ2n) is 9.93. The van der Waals surface area contributed by atoms with Crippen LogP contribution in [-0.4, -0.2) is 58.5 Å². The maximum atomic E-state index is 14.1. The third-order valence-corrected chi connectivity index (χ3v) is 8.32. The van der Waals surface area contributed by atoms with Crippen LogP contribution in [0.2, 0.25) is 0 Å². The van der Waals surface area contributed by atoms with Crippen molar-refractivity contribution in [3.63, 3.8) is 0 Å². The smallest absolute Gasteiger partial charge is 0.264 e. The van der Waals surface area contributed by atoms with Crippen molar-refractivity contribution < 1.29 is 27.5 Å². The van der Waals surface area contributed by atoms with Crippen LogP contribution >= 0.6 is 0 Å². The average molecular weight is 582 g/mol. The molecule has 0 saturated heterocycles. The standard InChI is InChI=1S/C31H39N3O6S/c1-6-27(31(36)32-20-23(2)3)33(21-24-12-8-7-9-13-24)30(35)22-34(28-14-10-11-15-29(28)40-5)41(37,38)26-18-16-25(39-4)17-19-26/h7-19,23,27H,6,20-22H2,1-5H3,(H,32,36)/t27-/m1/s1. The van der Waals surface area contributed by atoms with Crippen molar-refractivity contribution in [2.45, 2.75) is 44.7 Å². The Morgan fingerprint density at radius 1 is 0.878 bits per heavy atom. The number of hydrogen-bond donors (Lipinski definition) is 1. The summed E-state index contributed by atoms with van der Waals surface area (Å²) < 4.78 is 39.8. The number of carbonyl (C=O) groups is 2. The molecule has 9 nitrogen and oxygen atoms in total. The van der Waals surface area contributed by atoms with Crippen LogP contribution in [0, 0.1) is 5.92 Å². The molecule has 3 aromatic carbocycles. The van der Waals surface area contributed by atoms with Gasteiger partial charge in [0.2, 0.25) is 11.8 Å². The highest BCUT2D eigenvalue weighted by molar-refractivity contribution is 7.92. The highest BCUT2D eigenvalue weighted by Gasteiger charge is 2.34. The molecule has 0 radical (unpaired) electrons. The first kappa shape index (κ1) is 31.5. The van der Waals surface area contributed by atoms with Crippen molar-refractivity contribution in [3.8, 4) is 11.5 Å². The highest BCUT2D eigenvalue weighted by atomic mass is 32.2. The summed E-state index contributed by atoms with van der Waals surface area (Å²) in [5, 5.41) is 2.93. The normalized spacial score (nSPS) is 12.0. The number of para-hydroxylation sites is 2. The molecule has 1 N–H and O–H groups in total. The second-order valence-corrected chi connectivity index (χ2v) is 11.8. The summed E-state index contributed by atoms with van der Waals surface area (Å²) >= 11 is 0. The predicted octanol–water partition coefficient (Wildman–Crippen LogP) is 4.48. The van der Waals surface area contributed by atoms with Crippen molar-refractivity contribution in [2.24, 2.45) is 5.92 Å². The maximum absolute atomic E-state index is 14.1. The van der Waals surface area contributed by atoms with E-state index in [1.807, 2.05) is 51.1 Å².